The van der Waals surface area contributed by atoms with Crippen LogP contribution in [0, 0.1) is 0 Å². The van der Waals surface area contributed by atoms with E-state index in [1.165, 1.54) is 18.4 Å². The minimum absolute atomic E-state index is 0.0000551. The summed E-state index contributed by atoms with van der Waals surface area (Å²) in [5, 5.41) is 5.79. The molecule has 94 valence electrons. The van der Waals surface area contributed by atoms with Crippen molar-refractivity contribution in [2.24, 2.45) is 0 Å². The maximum Gasteiger partial charge on any atom is 0.241 e. The van der Waals surface area contributed by atoms with E-state index in [1.54, 1.807) is 7.05 Å². The van der Waals surface area contributed by atoms with Gasteiger partial charge in [0.2, 0.25) is 5.91 Å². The summed E-state index contributed by atoms with van der Waals surface area (Å²) in [5.41, 5.74) is 2.34. The number of unbranched alkanes of at least 4 members (excludes halogenated alkanes) is 1. The van der Waals surface area contributed by atoms with Gasteiger partial charge < -0.3 is 10.6 Å². The van der Waals surface area contributed by atoms with Crippen LogP contribution in [0.3, 0.4) is 0 Å². The SMILES string of the molecule is CCCCc1ccc(NC(C)C(=O)NC)cc1. The number of carbonyl (C=O) groups excluding carboxylic acids is 1. The fourth-order valence-corrected chi connectivity index (χ4v) is 1.68. The molecule has 0 fully saturated rings. The van der Waals surface area contributed by atoms with Crippen LogP contribution in [0.15, 0.2) is 24.3 Å². The van der Waals surface area contributed by atoms with E-state index >= 15 is 0 Å². The molecule has 17 heavy (non-hydrogen) atoms. The number of benzene rings is 1. The average molecular weight is 234 g/mol. The molecule has 0 aliphatic heterocycles. The number of nitrogens with one attached hydrogen (secondary N) is 2. The summed E-state index contributed by atoms with van der Waals surface area (Å²) in [6.45, 7) is 4.05. The molecule has 0 aliphatic carbocycles. The average Bonchev–Trinajstić information content (AvgIpc) is 2.37. The van der Waals surface area contributed by atoms with Crippen molar-refractivity contribution in [1.29, 1.82) is 0 Å². The van der Waals surface area contributed by atoms with E-state index in [9.17, 15) is 4.79 Å². The Morgan fingerprint density at radius 3 is 2.47 bits per heavy atom. The molecule has 1 amide bonds. The minimum atomic E-state index is -0.207. The lowest BCUT2D eigenvalue weighted by Gasteiger charge is -2.13. The van der Waals surface area contributed by atoms with Crippen molar-refractivity contribution >= 4 is 11.6 Å². The number of hydrogen-bond acceptors (Lipinski definition) is 2. The first-order valence-corrected chi connectivity index (χ1v) is 6.24. The van der Waals surface area contributed by atoms with E-state index < -0.39 is 0 Å². The van der Waals surface area contributed by atoms with Crippen molar-refractivity contribution in [3.8, 4) is 0 Å². The van der Waals surface area contributed by atoms with E-state index in [-0.39, 0.29) is 11.9 Å². The smallest absolute Gasteiger partial charge is 0.241 e. The second kappa shape index (κ2) is 6.94. The Kier molecular flexibility index (Phi) is 5.53. The zero-order chi connectivity index (χ0) is 12.7. The topological polar surface area (TPSA) is 41.1 Å². The summed E-state index contributed by atoms with van der Waals surface area (Å²) >= 11 is 0. The Hall–Kier alpha value is -1.51. The number of likely N-dealkylation sites (N-methyl/N-ethyl adjacent to an activating group) is 1. The first kappa shape index (κ1) is 13.6. The van der Waals surface area contributed by atoms with Gasteiger partial charge >= 0.3 is 0 Å². The van der Waals surface area contributed by atoms with E-state index in [0.29, 0.717) is 0 Å². The summed E-state index contributed by atoms with van der Waals surface area (Å²) < 4.78 is 0. The van der Waals surface area contributed by atoms with Crippen LogP contribution < -0.4 is 10.6 Å². The molecule has 0 heterocycles. The van der Waals surface area contributed by atoms with E-state index in [1.807, 2.05) is 19.1 Å². The summed E-state index contributed by atoms with van der Waals surface area (Å²) in [4.78, 5) is 11.4. The third kappa shape index (κ3) is 4.47. The highest BCUT2D eigenvalue weighted by Crippen LogP contribution is 2.12. The molecule has 0 bridgehead atoms. The molecular formula is C14H22N2O. The largest absolute Gasteiger partial charge is 0.374 e. The Morgan fingerprint density at radius 1 is 1.29 bits per heavy atom. The van der Waals surface area contributed by atoms with Gasteiger partial charge in [0.25, 0.3) is 0 Å². The molecule has 1 aromatic carbocycles. The van der Waals surface area contributed by atoms with E-state index in [0.717, 1.165) is 12.1 Å². The maximum absolute atomic E-state index is 11.4. The molecule has 1 unspecified atom stereocenters. The second-order valence-corrected chi connectivity index (χ2v) is 4.28. The van der Waals surface area contributed by atoms with Gasteiger partial charge in [-0.3, -0.25) is 4.79 Å². The van der Waals surface area contributed by atoms with Crippen LogP contribution in [0.1, 0.15) is 32.3 Å². The third-order valence-electron chi connectivity index (χ3n) is 2.80. The Balaban J connectivity index is 2.53. The first-order chi connectivity index (χ1) is 8.17. The molecule has 1 aromatic rings. The van der Waals surface area contributed by atoms with Crippen LogP contribution in [0.2, 0.25) is 0 Å². The van der Waals surface area contributed by atoms with Crippen molar-refractivity contribution in [2.45, 2.75) is 39.2 Å². The van der Waals surface area contributed by atoms with Crippen LogP contribution in [-0.4, -0.2) is 19.0 Å². The molecular weight excluding hydrogens is 212 g/mol. The minimum Gasteiger partial charge on any atom is -0.374 e. The Labute approximate surface area is 104 Å². The number of carbonyl (C=O) groups is 1. The summed E-state index contributed by atoms with van der Waals surface area (Å²) in [7, 11) is 1.65. The highest BCUT2D eigenvalue weighted by atomic mass is 16.2. The summed E-state index contributed by atoms with van der Waals surface area (Å²) in [6.07, 6.45) is 3.57. The standard InChI is InChI=1S/C14H22N2O/c1-4-5-6-12-7-9-13(10-8-12)16-11(2)14(17)15-3/h7-11,16H,4-6H2,1-3H3,(H,15,17). The number of amides is 1. The van der Waals surface area contributed by atoms with Gasteiger partial charge in [0.05, 0.1) is 0 Å². The first-order valence-electron chi connectivity index (χ1n) is 6.24. The maximum atomic E-state index is 11.4. The van der Waals surface area contributed by atoms with Gasteiger partial charge in [-0.25, -0.2) is 0 Å². The number of hydrogen-bond donors (Lipinski definition) is 2. The number of anilines is 1. The highest BCUT2D eigenvalue weighted by Gasteiger charge is 2.09. The molecule has 0 spiro atoms. The van der Waals surface area contributed by atoms with Crippen molar-refractivity contribution in [1.82, 2.24) is 5.32 Å². The zero-order valence-corrected chi connectivity index (χ0v) is 10.9. The third-order valence-corrected chi connectivity index (χ3v) is 2.80. The molecule has 2 N–H and O–H groups in total. The summed E-state index contributed by atoms with van der Waals surface area (Å²) in [5.74, 6) is 0.0000551. The lowest BCUT2D eigenvalue weighted by Crippen LogP contribution is -2.35. The number of aryl methyl sites for hydroxylation is 1. The number of rotatable bonds is 6. The highest BCUT2D eigenvalue weighted by molar-refractivity contribution is 5.83. The van der Waals surface area contributed by atoms with E-state index in [4.69, 9.17) is 0 Å². The normalized spacial score (nSPS) is 11.9. The van der Waals surface area contributed by atoms with Gasteiger partial charge in [0.1, 0.15) is 6.04 Å². The molecule has 0 saturated carbocycles. The fraction of sp³-hybridized carbons (Fsp3) is 0.500. The molecule has 1 rings (SSSR count). The van der Waals surface area contributed by atoms with Crippen LogP contribution in [0.5, 0.6) is 0 Å². The van der Waals surface area contributed by atoms with Crippen LogP contribution in [0.4, 0.5) is 5.69 Å². The monoisotopic (exact) mass is 234 g/mol. The zero-order valence-electron chi connectivity index (χ0n) is 10.9. The molecule has 0 aromatic heterocycles. The molecule has 1 atom stereocenters. The second-order valence-electron chi connectivity index (χ2n) is 4.28. The van der Waals surface area contributed by atoms with Crippen molar-refractivity contribution in [3.05, 3.63) is 29.8 Å². The Bertz CT molecular complexity index is 346. The van der Waals surface area contributed by atoms with Gasteiger partial charge in [0.15, 0.2) is 0 Å². The molecule has 3 heteroatoms. The predicted octanol–water partition coefficient (Wildman–Crippen LogP) is 2.58. The molecule has 0 saturated heterocycles. The summed E-state index contributed by atoms with van der Waals surface area (Å²) in [6, 6.07) is 8.10. The van der Waals surface area contributed by atoms with Crippen molar-refractivity contribution in [2.75, 3.05) is 12.4 Å². The molecule has 0 radical (unpaired) electrons. The van der Waals surface area contributed by atoms with Crippen LogP contribution in [-0.2, 0) is 11.2 Å². The Morgan fingerprint density at radius 2 is 1.94 bits per heavy atom. The van der Waals surface area contributed by atoms with Crippen molar-refractivity contribution in [3.63, 3.8) is 0 Å². The van der Waals surface area contributed by atoms with Gasteiger partial charge in [-0.2, -0.15) is 0 Å². The van der Waals surface area contributed by atoms with Crippen molar-refractivity contribution < 1.29 is 4.79 Å². The van der Waals surface area contributed by atoms with Gasteiger partial charge in [-0.1, -0.05) is 25.5 Å². The quantitative estimate of drug-likeness (QED) is 0.794. The molecule has 0 aliphatic rings. The predicted molar refractivity (Wildman–Crippen MR) is 72.2 cm³/mol. The van der Waals surface area contributed by atoms with Gasteiger partial charge in [-0.05, 0) is 37.5 Å². The fourth-order valence-electron chi connectivity index (χ4n) is 1.68. The molecule has 3 nitrogen and oxygen atoms in total. The van der Waals surface area contributed by atoms with Gasteiger partial charge in [-0.15, -0.1) is 0 Å². The van der Waals surface area contributed by atoms with Crippen LogP contribution in [0.25, 0.3) is 0 Å². The lowest BCUT2D eigenvalue weighted by molar-refractivity contribution is -0.121. The van der Waals surface area contributed by atoms with Crippen LogP contribution >= 0.6 is 0 Å². The van der Waals surface area contributed by atoms with E-state index in [2.05, 4.69) is 29.7 Å². The van der Waals surface area contributed by atoms with Gasteiger partial charge in [0, 0.05) is 12.7 Å². The lowest BCUT2D eigenvalue weighted by atomic mass is 10.1.